The van der Waals surface area contributed by atoms with Gasteiger partial charge < -0.3 is 14.9 Å². The minimum atomic E-state index is -0.192. The van der Waals surface area contributed by atoms with Crippen LogP contribution in [0.4, 0.5) is 0 Å². The van der Waals surface area contributed by atoms with Gasteiger partial charge in [0.05, 0.1) is 18.8 Å². The van der Waals surface area contributed by atoms with Crippen LogP contribution in [0, 0.1) is 13.8 Å². The summed E-state index contributed by atoms with van der Waals surface area (Å²) in [5, 5.41) is 19.2. The highest BCUT2D eigenvalue weighted by Crippen LogP contribution is 2.21. The van der Waals surface area contributed by atoms with Crippen LogP contribution in [-0.4, -0.2) is 34.6 Å². The van der Waals surface area contributed by atoms with Gasteiger partial charge in [0.25, 0.3) is 0 Å². The topological polar surface area (TPSA) is 74.9 Å². The number of rotatable bonds is 6. The van der Waals surface area contributed by atoms with Crippen molar-refractivity contribution in [2.24, 2.45) is 4.99 Å². The maximum absolute atomic E-state index is 9.97. The van der Waals surface area contributed by atoms with Crippen LogP contribution in [0.15, 0.2) is 35.5 Å². The third-order valence-corrected chi connectivity index (χ3v) is 3.26. The summed E-state index contributed by atoms with van der Waals surface area (Å²) in [6.07, 6.45) is 3.09. The highest BCUT2D eigenvalue weighted by Gasteiger charge is 2.08. The van der Waals surface area contributed by atoms with E-state index in [-0.39, 0.29) is 12.4 Å². The molecule has 0 aliphatic carbocycles. The Balaban J connectivity index is 1.93. The molecule has 0 saturated heterocycles. The van der Waals surface area contributed by atoms with Crippen LogP contribution in [0.1, 0.15) is 22.4 Å². The van der Waals surface area contributed by atoms with Gasteiger partial charge in [-0.25, -0.2) is 0 Å². The van der Waals surface area contributed by atoms with E-state index in [1.54, 1.807) is 19.3 Å². The molecule has 0 atom stereocenters. The minimum absolute atomic E-state index is 0.0507. The Morgan fingerprint density at radius 1 is 1.23 bits per heavy atom. The molecule has 0 radical (unpaired) electrons. The Hall–Kier alpha value is -2.40. The van der Waals surface area contributed by atoms with Crippen molar-refractivity contribution in [3.63, 3.8) is 0 Å². The number of nitrogens with zero attached hydrogens (tertiary/aromatic N) is 2. The first-order valence-electron chi connectivity index (χ1n) is 7.09. The van der Waals surface area contributed by atoms with Crippen molar-refractivity contribution >= 4 is 6.21 Å². The fourth-order valence-corrected chi connectivity index (χ4v) is 1.93. The van der Waals surface area contributed by atoms with Gasteiger partial charge in [0.1, 0.15) is 18.1 Å². The lowest BCUT2D eigenvalue weighted by atomic mass is 10.1. The molecule has 0 amide bonds. The molecule has 1 aromatic carbocycles. The first-order chi connectivity index (χ1) is 10.6. The van der Waals surface area contributed by atoms with Gasteiger partial charge in [0.15, 0.2) is 0 Å². The fourth-order valence-electron chi connectivity index (χ4n) is 1.93. The molecule has 2 aromatic rings. The Kier molecular flexibility index (Phi) is 5.49. The number of pyridine rings is 1. The second-order valence-corrected chi connectivity index (χ2v) is 4.99. The molecule has 0 aliphatic rings. The average Bonchev–Trinajstić information content (AvgIpc) is 2.53. The number of aliphatic hydroxyl groups is 1. The molecule has 2 rings (SSSR count). The van der Waals surface area contributed by atoms with Crippen LogP contribution in [0.5, 0.6) is 11.5 Å². The van der Waals surface area contributed by atoms with Crippen molar-refractivity contribution in [2.75, 3.05) is 13.2 Å². The van der Waals surface area contributed by atoms with E-state index in [1.165, 1.54) is 5.56 Å². The molecule has 22 heavy (non-hydrogen) atoms. The summed E-state index contributed by atoms with van der Waals surface area (Å²) >= 11 is 0. The molecule has 0 aliphatic heterocycles. The summed E-state index contributed by atoms with van der Waals surface area (Å²) < 4.78 is 5.57. The predicted molar refractivity (Wildman–Crippen MR) is 85.7 cm³/mol. The average molecular weight is 300 g/mol. The molecular formula is C17H20N2O3. The number of hydrogen-bond donors (Lipinski definition) is 2. The van der Waals surface area contributed by atoms with Crippen LogP contribution in [0.25, 0.3) is 0 Å². The summed E-state index contributed by atoms with van der Waals surface area (Å²) in [6.45, 7) is 4.44. The first kappa shape index (κ1) is 16.0. The quantitative estimate of drug-likeness (QED) is 0.634. The number of aliphatic imine (C=N–C) groups is 1. The van der Waals surface area contributed by atoms with Crippen molar-refractivity contribution in [3.8, 4) is 11.5 Å². The number of aromatic nitrogens is 1. The van der Waals surface area contributed by atoms with E-state index in [9.17, 15) is 10.2 Å². The van der Waals surface area contributed by atoms with E-state index in [1.807, 2.05) is 31.2 Å². The highest BCUT2D eigenvalue weighted by atomic mass is 16.5. The van der Waals surface area contributed by atoms with Gasteiger partial charge in [-0.2, -0.15) is 0 Å². The van der Waals surface area contributed by atoms with Gasteiger partial charge in [0.2, 0.25) is 0 Å². The van der Waals surface area contributed by atoms with Crippen molar-refractivity contribution in [3.05, 3.63) is 52.8 Å². The maximum atomic E-state index is 9.97. The van der Waals surface area contributed by atoms with Gasteiger partial charge in [-0.1, -0.05) is 17.7 Å². The summed E-state index contributed by atoms with van der Waals surface area (Å²) in [5.74, 6) is 0.856. The molecule has 1 heterocycles. The number of hydrogen-bond acceptors (Lipinski definition) is 5. The van der Waals surface area contributed by atoms with Crippen molar-refractivity contribution in [1.82, 2.24) is 4.98 Å². The molecule has 0 saturated carbocycles. The van der Waals surface area contributed by atoms with Gasteiger partial charge >= 0.3 is 0 Å². The zero-order valence-corrected chi connectivity index (χ0v) is 12.8. The first-order valence-corrected chi connectivity index (χ1v) is 7.09. The lowest BCUT2D eigenvalue weighted by Gasteiger charge is -2.07. The van der Waals surface area contributed by atoms with Crippen LogP contribution in [-0.2, 0) is 6.61 Å². The van der Waals surface area contributed by atoms with Crippen molar-refractivity contribution < 1.29 is 14.9 Å². The third kappa shape index (κ3) is 4.05. The van der Waals surface area contributed by atoms with Crippen LogP contribution >= 0.6 is 0 Å². The minimum Gasteiger partial charge on any atom is -0.505 e. The molecule has 0 bridgehead atoms. The van der Waals surface area contributed by atoms with Gasteiger partial charge in [-0.15, -0.1) is 0 Å². The van der Waals surface area contributed by atoms with E-state index in [4.69, 9.17) is 4.74 Å². The molecular weight excluding hydrogens is 280 g/mol. The molecule has 0 unspecified atom stereocenters. The monoisotopic (exact) mass is 300 g/mol. The summed E-state index contributed by atoms with van der Waals surface area (Å²) in [6, 6.07) is 7.82. The van der Waals surface area contributed by atoms with Crippen LogP contribution in [0.2, 0.25) is 0 Å². The largest absolute Gasteiger partial charge is 0.505 e. The smallest absolute Gasteiger partial charge is 0.145 e. The second-order valence-electron chi connectivity index (χ2n) is 4.99. The van der Waals surface area contributed by atoms with Gasteiger partial charge in [0, 0.05) is 23.5 Å². The Morgan fingerprint density at radius 2 is 1.95 bits per heavy atom. The second kappa shape index (κ2) is 7.56. The predicted octanol–water partition coefficient (Wildman–Crippen LogP) is 2.39. The summed E-state index contributed by atoms with van der Waals surface area (Å²) in [4.78, 5) is 8.24. The number of aromatic hydroxyl groups is 1. The molecule has 1 aromatic heterocycles. The Labute approximate surface area is 129 Å². The van der Waals surface area contributed by atoms with E-state index in [0.29, 0.717) is 30.0 Å². The maximum Gasteiger partial charge on any atom is 0.145 e. The normalized spacial score (nSPS) is 11.0. The number of ether oxygens (including phenoxy) is 1. The van der Waals surface area contributed by atoms with Crippen molar-refractivity contribution in [2.45, 2.75) is 20.5 Å². The molecule has 5 nitrogen and oxygen atoms in total. The molecule has 0 fully saturated rings. The van der Waals surface area contributed by atoms with E-state index < -0.39 is 0 Å². The lowest BCUT2D eigenvalue weighted by molar-refractivity contribution is 0.280. The fraction of sp³-hybridized carbons (Fsp3) is 0.294. The molecule has 5 heteroatoms. The van der Waals surface area contributed by atoms with Gasteiger partial charge in [-0.05, 0) is 26.0 Å². The number of benzene rings is 1. The lowest BCUT2D eigenvalue weighted by Crippen LogP contribution is -2.03. The Bertz CT molecular complexity index is 652. The zero-order chi connectivity index (χ0) is 15.9. The third-order valence-electron chi connectivity index (χ3n) is 3.26. The molecule has 116 valence electrons. The zero-order valence-electron chi connectivity index (χ0n) is 12.8. The summed E-state index contributed by atoms with van der Waals surface area (Å²) in [7, 11) is 0. The Morgan fingerprint density at radius 3 is 2.64 bits per heavy atom. The van der Waals surface area contributed by atoms with E-state index in [0.717, 1.165) is 5.75 Å². The standard InChI is InChI=1S/C17H20N2O3/c1-12-3-5-15(6-4-12)22-8-7-18-10-16-14(11-20)9-19-13(2)17(16)21/h3-6,9-10,20-21H,7-8,11H2,1-2H3. The molecule has 2 N–H and O–H groups in total. The number of aliphatic hydroxyl groups excluding tert-OH is 1. The van der Waals surface area contributed by atoms with E-state index in [2.05, 4.69) is 9.98 Å². The van der Waals surface area contributed by atoms with E-state index >= 15 is 0 Å². The number of aryl methyl sites for hydroxylation is 2. The van der Waals surface area contributed by atoms with Crippen LogP contribution in [0.3, 0.4) is 0 Å². The van der Waals surface area contributed by atoms with Crippen molar-refractivity contribution in [1.29, 1.82) is 0 Å². The van der Waals surface area contributed by atoms with Crippen LogP contribution < -0.4 is 4.74 Å². The highest BCUT2D eigenvalue weighted by molar-refractivity contribution is 5.85. The molecule has 0 spiro atoms. The SMILES string of the molecule is Cc1ccc(OCCN=Cc2c(CO)cnc(C)c2O)cc1. The summed E-state index contributed by atoms with van der Waals surface area (Å²) in [5.41, 5.74) is 2.75. The van der Waals surface area contributed by atoms with Gasteiger partial charge in [-0.3, -0.25) is 9.98 Å².